The number of nitrogens with one attached hydrogen (secondary N) is 1. The average molecular weight is 257 g/mol. The first-order chi connectivity index (χ1) is 9.31. The summed E-state index contributed by atoms with van der Waals surface area (Å²) >= 11 is 0. The summed E-state index contributed by atoms with van der Waals surface area (Å²) in [5.74, 6) is 1.42. The second-order valence-electron chi connectivity index (χ2n) is 5.18. The molecule has 0 spiro atoms. The van der Waals surface area contributed by atoms with E-state index < -0.39 is 0 Å². The highest BCUT2D eigenvalue weighted by atomic mass is 15.2. The van der Waals surface area contributed by atoms with E-state index in [1.54, 1.807) is 0 Å². The van der Waals surface area contributed by atoms with Gasteiger partial charge in [-0.1, -0.05) is 0 Å². The third kappa shape index (κ3) is 2.98. The van der Waals surface area contributed by atoms with Crippen molar-refractivity contribution in [2.45, 2.75) is 32.2 Å². The van der Waals surface area contributed by atoms with Crippen molar-refractivity contribution >= 4 is 0 Å². The van der Waals surface area contributed by atoms with E-state index in [1.165, 1.54) is 18.5 Å². The minimum Gasteiger partial charge on any atom is -0.297 e. The lowest BCUT2D eigenvalue weighted by Gasteiger charge is -2.31. The van der Waals surface area contributed by atoms with E-state index in [2.05, 4.69) is 31.1 Å². The Labute approximate surface area is 113 Å². The quantitative estimate of drug-likeness (QED) is 0.912. The maximum Gasteiger partial charge on any atom is 0.125 e. The summed E-state index contributed by atoms with van der Waals surface area (Å²) in [5.41, 5.74) is 2.36. The molecule has 0 radical (unpaired) electrons. The SMILES string of the molecule is Cc1nccc(CN2CCC[C@@H](c3ccn[nH]3)C2)n1. The van der Waals surface area contributed by atoms with Gasteiger partial charge < -0.3 is 0 Å². The highest BCUT2D eigenvalue weighted by Crippen LogP contribution is 2.25. The largest absolute Gasteiger partial charge is 0.297 e. The molecule has 3 rings (SSSR count). The average Bonchev–Trinajstić information content (AvgIpc) is 2.93. The lowest BCUT2D eigenvalue weighted by molar-refractivity contribution is 0.196. The number of aryl methyl sites for hydroxylation is 1. The molecule has 5 nitrogen and oxygen atoms in total. The summed E-state index contributed by atoms with van der Waals surface area (Å²) in [6.45, 7) is 5.07. The number of aromatic amines is 1. The van der Waals surface area contributed by atoms with Crippen LogP contribution in [0.5, 0.6) is 0 Å². The Morgan fingerprint density at radius 3 is 3.11 bits per heavy atom. The maximum atomic E-state index is 4.48. The fourth-order valence-electron chi connectivity index (χ4n) is 2.77. The van der Waals surface area contributed by atoms with Gasteiger partial charge in [0.2, 0.25) is 0 Å². The van der Waals surface area contributed by atoms with Crippen LogP contribution >= 0.6 is 0 Å². The molecule has 0 unspecified atom stereocenters. The van der Waals surface area contributed by atoms with Gasteiger partial charge in [-0.15, -0.1) is 0 Å². The van der Waals surface area contributed by atoms with Crippen LogP contribution in [0.4, 0.5) is 0 Å². The third-order valence-electron chi connectivity index (χ3n) is 3.69. The molecule has 0 amide bonds. The van der Waals surface area contributed by atoms with Crippen molar-refractivity contribution < 1.29 is 0 Å². The fraction of sp³-hybridized carbons (Fsp3) is 0.500. The van der Waals surface area contributed by atoms with Gasteiger partial charge in [-0.3, -0.25) is 10.00 Å². The van der Waals surface area contributed by atoms with E-state index in [-0.39, 0.29) is 0 Å². The first-order valence-corrected chi connectivity index (χ1v) is 6.81. The molecule has 0 saturated carbocycles. The lowest BCUT2D eigenvalue weighted by Crippen LogP contribution is -2.34. The third-order valence-corrected chi connectivity index (χ3v) is 3.69. The fourth-order valence-corrected chi connectivity index (χ4v) is 2.77. The Hall–Kier alpha value is -1.75. The molecule has 1 aliphatic heterocycles. The molecule has 1 N–H and O–H groups in total. The highest BCUT2D eigenvalue weighted by molar-refractivity contribution is 5.08. The van der Waals surface area contributed by atoms with Crippen LogP contribution in [0.2, 0.25) is 0 Å². The topological polar surface area (TPSA) is 57.7 Å². The normalized spacial score (nSPS) is 20.6. The molecule has 0 aromatic carbocycles. The van der Waals surface area contributed by atoms with Crippen molar-refractivity contribution in [1.29, 1.82) is 0 Å². The lowest BCUT2D eigenvalue weighted by atomic mass is 9.95. The molecule has 1 fully saturated rings. The Balaban J connectivity index is 1.65. The summed E-state index contributed by atoms with van der Waals surface area (Å²) < 4.78 is 0. The summed E-state index contributed by atoms with van der Waals surface area (Å²) in [6, 6.07) is 4.09. The zero-order valence-corrected chi connectivity index (χ0v) is 11.2. The van der Waals surface area contributed by atoms with E-state index in [0.29, 0.717) is 5.92 Å². The van der Waals surface area contributed by atoms with Crippen LogP contribution in [0.3, 0.4) is 0 Å². The molecule has 19 heavy (non-hydrogen) atoms. The van der Waals surface area contributed by atoms with E-state index >= 15 is 0 Å². The van der Waals surface area contributed by atoms with Crippen LogP contribution in [0.15, 0.2) is 24.5 Å². The van der Waals surface area contributed by atoms with Crippen molar-refractivity contribution in [3.8, 4) is 0 Å². The first-order valence-electron chi connectivity index (χ1n) is 6.81. The molecule has 1 saturated heterocycles. The molecule has 2 aromatic heterocycles. The molecule has 1 aliphatic rings. The predicted molar refractivity (Wildman–Crippen MR) is 72.6 cm³/mol. The van der Waals surface area contributed by atoms with Gasteiger partial charge in [-0.2, -0.15) is 5.10 Å². The van der Waals surface area contributed by atoms with Gasteiger partial charge in [0.25, 0.3) is 0 Å². The summed E-state index contributed by atoms with van der Waals surface area (Å²) in [7, 11) is 0. The number of H-pyrrole nitrogens is 1. The summed E-state index contributed by atoms with van der Waals surface area (Å²) in [6.07, 6.45) is 6.14. The van der Waals surface area contributed by atoms with Crippen molar-refractivity contribution in [3.63, 3.8) is 0 Å². The molecule has 0 aliphatic carbocycles. The van der Waals surface area contributed by atoms with Crippen LogP contribution in [0.25, 0.3) is 0 Å². The Morgan fingerprint density at radius 1 is 1.37 bits per heavy atom. The van der Waals surface area contributed by atoms with Crippen LogP contribution in [0.1, 0.15) is 36.0 Å². The van der Waals surface area contributed by atoms with Crippen molar-refractivity contribution in [2.24, 2.45) is 0 Å². The molecular weight excluding hydrogens is 238 g/mol. The number of aromatic nitrogens is 4. The summed E-state index contributed by atoms with van der Waals surface area (Å²) in [5, 5.41) is 7.15. The minimum atomic E-state index is 0.569. The predicted octanol–water partition coefficient (Wildman–Crippen LogP) is 1.89. The van der Waals surface area contributed by atoms with Crippen molar-refractivity contribution in [1.82, 2.24) is 25.1 Å². The van der Waals surface area contributed by atoms with Gasteiger partial charge in [-0.25, -0.2) is 9.97 Å². The zero-order valence-electron chi connectivity index (χ0n) is 11.2. The second kappa shape index (κ2) is 5.48. The second-order valence-corrected chi connectivity index (χ2v) is 5.18. The molecule has 5 heteroatoms. The number of piperidine rings is 1. The van der Waals surface area contributed by atoms with Gasteiger partial charge in [-0.05, 0) is 38.4 Å². The number of nitrogens with zero attached hydrogens (tertiary/aromatic N) is 4. The number of hydrogen-bond acceptors (Lipinski definition) is 4. The first kappa shape index (κ1) is 12.3. The smallest absolute Gasteiger partial charge is 0.125 e. The molecule has 100 valence electrons. The zero-order chi connectivity index (χ0) is 13.1. The van der Waals surface area contributed by atoms with E-state index in [4.69, 9.17) is 0 Å². The number of rotatable bonds is 3. The molecule has 2 aromatic rings. The van der Waals surface area contributed by atoms with E-state index in [9.17, 15) is 0 Å². The number of likely N-dealkylation sites (tertiary alicyclic amines) is 1. The molecule has 3 heterocycles. The molecule has 1 atom stereocenters. The maximum absolute atomic E-state index is 4.48. The van der Waals surface area contributed by atoms with Crippen LogP contribution < -0.4 is 0 Å². The van der Waals surface area contributed by atoms with E-state index in [1.807, 2.05) is 25.4 Å². The monoisotopic (exact) mass is 257 g/mol. The molecule has 0 bridgehead atoms. The van der Waals surface area contributed by atoms with E-state index in [0.717, 1.165) is 31.2 Å². The Morgan fingerprint density at radius 2 is 2.32 bits per heavy atom. The van der Waals surface area contributed by atoms with Gasteiger partial charge >= 0.3 is 0 Å². The van der Waals surface area contributed by atoms with Gasteiger partial charge in [0.15, 0.2) is 0 Å². The Bertz CT molecular complexity index is 522. The van der Waals surface area contributed by atoms with Gasteiger partial charge in [0, 0.05) is 37.1 Å². The van der Waals surface area contributed by atoms with Gasteiger partial charge in [0.05, 0.1) is 5.69 Å². The minimum absolute atomic E-state index is 0.569. The summed E-state index contributed by atoms with van der Waals surface area (Å²) in [4.78, 5) is 11.1. The van der Waals surface area contributed by atoms with Gasteiger partial charge in [0.1, 0.15) is 5.82 Å². The van der Waals surface area contributed by atoms with Crippen LogP contribution in [0, 0.1) is 6.92 Å². The van der Waals surface area contributed by atoms with Crippen molar-refractivity contribution in [2.75, 3.05) is 13.1 Å². The van der Waals surface area contributed by atoms with Crippen molar-refractivity contribution in [3.05, 3.63) is 41.7 Å². The number of hydrogen-bond donors (Lipinski definition) is 1. The highest BCUT2D eigenvalue weighted by Gasteiger charge is 2.22. The standard InChI is InChI=1S/C14H19N5/c1-11-15-6-4-13(17-11)10-19-8-2-3-12(9-19)14-5-7-16-18-14/h4-7,12H,2-3,8-10H2,1H3,(H,16,18)/t12-/m1/s1. The molecular formula is C14H19N5. The van der Waals surface area contributed by atoms with Crippen LogP contribution in [-0.4, -0.2) is 38.2 Å². The Kier molecular flexibility index (Phi) is 3.55. The van der Waals surface area contributed by atoms with Crippen LogP contribution in [-0.2, 0) is 6.54 Å².